The van der Waals surface area contributed by atoms with Crippen LogP contribution < -0.4 is 15.0 Å². The van der Waals surface area contributed by atoms with E-state index in [9.17, 15) is 4.79 Å². The molecule has 1 saturated heterocycles. The van der Waals surface area contributed by atoms with E-state index in [4.69, 9.17) is 19.8 Å². The van der Waals surface area contributed by atoms with Gasteiger partial charge >= 0.3 is 6.09 Å². The van der Waals surface area contributed by atoms with Crippen molar-refractivity contribution in [2.24, 2.45) is 0 Å². The molecule has 1 unspecified atom stereocenters. The Morgan fingerprint density at radius 1 is 1.15 bits per heavy atom. The van der Waals surface area contributed by atoms with Crippen molar-refractivity contribution in [2.75, 3.05) is 25.1 Å². The van der Waals surface area contributed by atoms with E-state index in [-0.39, 0.29) is 6.04 Å². The largest absolute Gasteiger partial charge is 0.481 e. The van der Waals surface area contributed by atoms with Crippen molar-refractivity contribution in [2.45, 2.75) is 18.9 Å². The second-order valence-electron chi connectivity index (χ2n) is 8.14. The predicted molar refractivity (Wildman–Crippen MR) is 129 cm³/mol. The average Bonchev–Trinajstić information content (AvgIpc) is 2.88. The molecule has 0 spiro atoms. The lowest BCUT2D eigenvalue weighted by Crippen LogP contribution is -2.47. The van der Waals surface area contributed by atoms with E-state index in [0.29, 0.717) is 18.2 Å². The third-order valence-corrected chi connectivity index (χ3v) is 5.92. The minimum Gasteiger partial charge on any atom is -0.481 e. The topological polar surface area (TPSA) is 113 Å². The molecule has 2 N–H and O–H groups in total. The molecular formula is C25H24N6O3. The number of rotatable bonds is 5. The van der Waals surface area contributed by atoms with Crippen molar-refractivity contribution < 1.29 is 14.6 Å². The highest BCUT2D eigenvalue weighted by atomic mass is 16.5. The molecular weight excluding hydrogens is 432 g/mol. The smallest absolute Gasteiger partial charge is 0.404 e. The number of hydrogen-bond donors (Lipinski definition) is 2. The first-order valence-corrected chi connectivity index (χ1v) is 11.1. The van der Waals surface area contributed by atoms with Gasteiger partial charge in [-0.1, -0.05) is 18.2 Å². The molecule has 1 aliphatic rings. The van der Waals surface area contributed by atoms with Gasteiger partial charge in [0.2, 0.25) is 5.88 Å². The number of fused-ring (bicyclic) bond motifs is 1. The predicted octanol–water partition coefficient (Wildman–Crippen LogP) is 4.00. The molecule has 3 aromatic heterocycles. The molecule has 1 atom stereocenters. The Labute approximate surface area is 196 Å². The Morgan fingerprint density at radius 2 is 2.03 bits per heavy atom. The summed E-state index contributed by atoms with van der Waals surface area (Å²) in [6.07, 6.45) is 5.81. The van der Waals surface area contributed by atoms with Gasteiger partial charge in [-0.15, -0.1) is 0 Å². The van der Waals surface area contributed by atoms with Crippen LogP contribution in [-0.2, 0) is 0 Å². The number of ether oxygens (including phenoxy) is 1. The van der Waals surface area contributed by atoms with Crippen LogP contribution in [0.4, 0.5) is 10.6 Å². The summed E-state index contributed by atoms with van der Waals surface area (Å²) in [7, 11) is 1.60. The number of nitrogens with one attached hydrogen (secondary N) is 1. The van der Waals surface area contributed by atoms with Crippen LogP contribution in [0.25, 0.3) is 33.4 Å². The van der Waals surface area contributed by atoms with Gasteiger partial charge in [0.15, 0.2) is 5.82 Å². The molecule has 9 heteroatoms. The Balaban J connectivity index is 1.57. The first-order chi connectivity index (χ1) is 16.6. The molecule has 34 heavy (non-hydrogen) atoms. The fourth-order valence-corrected chi connectivity index (χ4v) is 4.40. The van der Waals surface area contributed by atoms with Crippen molar-refractivity contribution in [3.63, 3.8) is 0 Å². The number of piperidine rings is 1. The van der Waals surface area contributed by atoms with E-state index in [2.05, 4.69) is 20.2 Å². The summed E-state index contributed by atoms with van der Waals surface area (Å²) in [6, 6.07) is 13.5. The van der Waals surface area contributed by atoms with Crippen molar-refractivity contribution in [3.8, 4) is 28.4 Å². The molecule has 4 aromatic rings. The van der Waals surface area contributed by atoms with Gasteiger partial charge in [-0.2, -0.15) is 0 Å². The maximum Gasteiger partial charge on any atom is 0.404 e. The third-order valence-electron chi connectivity index (χ3n) is 5.92. The van der Waals surface area contributed by atoms with Gasteiger partial charge < -0.3 is 20.1 Å². The van der Waals surface area contributed by atoms with E-state index >= 15 is 0 Å². The molecule has 4 heterocycles. The van der Waals surface area contributed by atoms with Gasteiger partial charge in [-0.3, -0.25) is 4.98 Å². The maximum absolute atomic E-state index is 11.2. The van der Waals surface area contributed by atoms with Crippen LogP contribution in [-0.4, -0.2) is 57.4 Å². The number of nitrogens with zero attached hydrogens (tertiary/aromatic N) is 5. The van der Waals surface area contributed by atoms with Crippen LogP contribution >= 0.6 is 0 Å². The number of hydrogen-bond acceptors (Lipinski definition) is 7. The van der Waals surface area contributed by atoms with Crippen LogP contribution in [0, 0.1) is 0 Å². The van der Waals surface area contributed by atoms with Gasteiger partial charge in [0.1, 0.15) is 5.82 Å². The molecule has 5 rings (SSSR count). The van der Waals surface area contributed by atoms with Crippen molar-refractivity contribution >= 4 is 22.8 Å². The Kier molecular flexibility index (Phi) is 5.90. The number of carbonyl (C=O) groups is 1. The summed E-state index contributed by atoms with van der Waals surface area (Å²) in [6.45, 7) is 1.34. The molecule has 9 nitrogen and oxygen atoms in total. The van der Waals surface area contributed by atoms with Gasteiger partial charge in [0.05, 0.1) is 18.8 Å². The maximum atomic E-state index is 11.2. The first-order valence-electron chi connectivity index (χ1n) is 11.1. The van der Waals surface area contributed by atoms with E-state index in [0.717, 1.165) is 52.8 Å². The number of amides is 1. The van der Waals surface area contributed by atoms with Gasteiger partial charge in [-0.05, 0) is 42.7 Å². The molecule has 1 amide bonds. The molecule has 0 bridgehead atoms. The van der Waals surface area contributed by atoms with E-state index in [1.165, 1.54) is 0 Å². The van der Waals surface area contributed by atoms with Crippen LogP contribution in [0.15, 0.2) is 61.1 Å². The number of pyridine rings is 2. The summed E-state index contributed by atoms with van der Waals surface area (Å²) in [5, 5.41) is 12.7. The standard InChI is InChI=1S/C25H24N6O3/c1-34-24-19(8-3-10-27-24)16-5-2-6-17(13-16)22-29-21-14-26-11-9-20(21)23(30-22)31-12-4-7-18(15-31)28-25(32)33/h2-3,5-6,8-11,13-14,18,28H,4,7,12,15H2,1H3,(H,32,33). The lowest BCUT2D eigenvalue weighted by atomic mass is 10.0. The molecule has 172 valence electrons. The Hall–Kier alpha value is -4.27. The Bertz CT molecular complexity index is 1350. The second-order valence-corrected chi connectivity index (χ2v) is 8.14. The van der Waals surface area contributed by atoms with Gasteiger partial charge in [0, 0.05) is 48.0 Å². The lowest BCUT2D eigenvalue weighted by molar-refractivity contribution is 0.188. The number of benzene rings is 1. The minimum absolute atomic E-state index is 0.150. The Morgan fingerprint density at radius 3 is 2.88 bits per heavy atom. The zero-order valence-corrected chi connectivity index (χ0v) is 18.7. The molecule has 1 aliphatic heterocycles. The summed E-state index contributed by atoms with van der Waals surface area (Å²) in [5.41, 5.74) is 3.42. The number of anilines is 1. The van der Waals surface area contributed by atoms with Crippen molar-refractivity contribution in [1.29, 1.82) is 0 Å². The van der Waals surface area contributed by atoms with Crippen molar-refractivity contribution in [1.82, 2.24) is 25.3 Å². The number of aromatic nitrogens is 4. The molecule has 1 aromatic carbocycles. The third kappa shape index (κ3) is 4.32. The number of carboxylic acid groups (broad SMARTS) is 1. The van der Waals surface area contributed by atoms with Gasteiger partial charge in [-0.25, -0.2) is 19.7 Å². The van der Waals surface area contributed by atoms with E-state index in [1.807, 2.05) is 42.5 Å². The zero-order valence-electron chi connectivity index (χ0n) is 18.7. The molecule has 1 fully saturated rings. The highest BCUT2D eigenvalue weighted by molar-refractivity contribution is 5.90. The SMILES string of the molecule is COc1ncccc1-c1cccc(-c2nc(N3CCCC(NC(=O)O)C3)c3ccncc3n2)c1. The average molecular weight is 457 g/mol. The summed E-state index contributed by atoms with van der Waals surface area (Å²) < 4.78 is 5.43. The molecule has 0 radical (unpaired) electrons. The highest BCUT2D eigenvalue weighted by Gasteiger charge is 2.24. The normalized spacial score (nSPS) is 15.8. The van der Waals surface area contributed by atoms with Gasteiger partial charge in [0.25, 0.3) is 0 Å². The van der Waals surface area contributed by atoms with Crippen LogP contribution in [0.2, 0.25) is 0 Å². The van der Waals surface area contributed by atoms with Crippen LogP contribution in [0.3, 0.4) is 0 Å². The number of methoxy groups -OCH3 is 1. The summed E-state index contributed by atoms with van der Waals surface area (Å²) in [5.74, 6) is 1.91. The molecule has 0 saturated carbocycles. The van der Waals surface area contributed by atoms with Crippen molar-refractivity contribution in [3.05, 3.63) is 61.1 Å². The van der Waals surface area contributed by atoms with Crippen LogP contribution in [0.1, 0.15) is 12.8 Å². The zero-order chi connectivity index (χ0) is 23.5. The molecule has 0 aliphatic carbocycles. The second kappa shape index (κ2) is 9.30. The highest BCUT2D eigenvalue weighted by Crippen LogP contribution is 2.33. The fourth-order valence-electron chi connectivity index (χ4n) is 4.40. The van der Waals surface area contributed by atoms with E-state index < -0.39 is 6.09 Å². The first kappa shape index (κ1) is 21.6. The van der Waals surface area contributed by atoms with Crippen LogP contribution in [0.5, 0.6) is 5.88 Å². The fraction of sp³-hybridized carbons (Fsp3) is 0.240. The van der Waals surface area contributed by atoms with E-state index in [1.54, 1.807) is 25.7 Å². The lowest BCUT2D eigenvalue weighted by Gasteiger charge is -2.34. The quantitative estimate of drug-likeness (QED) is 0.463. The monoisotopic (exact) mass is 456 g/mol. The summed E-state index contributed by atoms with van der Waals surface area (Å²) in [4.78, 5) is 31.6. The summed E-state index contributed by atoms with van der Waals surface area (Å²) >= 11 is 0. The minimum atomic E-state index is -1.01.